The van der Waals surface area contributed by atoms with E-state index in [0.29, 0.717) is 0 Å². The van der Waals surface area contributed by atoms with Gasteiger partial charge in [0.2, 0.25) is 0 Å². The molecule has 0 spiro atoms. The zero-order valence-electron chi connectivity index (χ0n) is 8.76. The van der Waals surface area contributed by atoms with Crippen LogP contribution in [-0.2, 0) is 0 Å². The Hall–Kier alpha value is -0.460. The molecule has 1 aliphatic carbocycles. The summed E-state index contributed by atoms with van der Waals surface area (Å²) in [6.45, 7) is 9.14. The van der Waals surface area contributed by atoms with E-state index in [4.69, 9.17) is 0 Å². The number of rotatable bonds is 2. The Labute approximate surface area is 81.8 Å². The van der Waals surface area contributed by atoms with Crippen molar-refractivity contribution in [1.29, 1.82) is 0 Å². The summed E-state index contributed by atoms with van der Waals surface area (Å²) in [4.78, 5) is 2.54. The summed E-state index contributed by atoms with van der Waals surface area (Å²) in [7, 11) is 0. The lowest BCUT2D eigenvalue weighted by Gasteiger charge is -2.24. The van der Waals surface area contributed by atoms with E-state index in [1.54, 1.807) is 0 Å². The molecule has 1 saturated heterocycles. The molecule has 74 valence electrons. The summed E-state index contributed by atoms with van der Waals surface area (Å²) in [5.74, 6) is 1.78. The van der Waals surface area contributed by atoms with Crippen molar-refractivity contribution in [2.75, 3.05) is 13.1 Å². The third-order valence-electron chi connectivity index (χ3n) is 3.47. The molecule has 1 nitrogen and oxygen atoms in total. The van der Waals surface area contributed by atoms with Crippen LogP contribution in [-0.4, -0.2) is 18.0 Å². The second kappa shape index (κ2) is 3.73. The maximum absolute atomic E-state index is 4.23. The van der Waals surface area contributed by atoms with Crippen LogP contribution < -0.4 is 0 Å². The predicted octanol–water partition coefficient (Wildman–Crippen LogP) is 3.03. The highest BCUT2D eigenvalue weighted by molar-refractivity contribution is 5.07. The number of allylic oxidation sites excluding steroid dienone is 1. The first-order valence-corrected chi connectivity index (χ1v) is 5.71. The Bertz CT molecular complexity index is 193. The van der Waals surface area contributed by atoms with Crippen molar-refractivity contribution in [3.8, 4) is 0 Å². The van der Waals surface area contributed by atoms with Crippen LogP contribution in [0.2, 0.25) is 0 Å². The first kappa shape index (κ1) is 9.11. The van der Waals surface area contributed by atoms with Crippen molar-refractivity contribution in [2.45, 2.75) is 39.0 Å². The minimum atomic E-state index is 0.855. The lowest BCUT2D eigenvalue weighted by Crippen LogP contribution is -2.24. The zero-order valence-corrected chi connectivity index (χ0v) is 8.76. The van der Waals surface area contributed by atoms with E-state index in [2.05, 4.69) is 18.4 Å². The SMILES string of the molecule is C=C(C1CC1)N1CCCC(C)CC1. The topological polar surface area (TPSA) is 3.24 Å². The van der Waals surface area contributed by atoms with E-state index >= 15 is 0 Å². The minimum absolute atomic E-state index is 0.855. The van der Waals surface area contributed by atoms with Crippen molar-refractivity contribution < 1.29 is 0 Å². The molecule has 0 radical (unpaired) electrons. The summed E-state index contributed by atoms with van der Waals surface area (Å²) in [5.41, 5.74) is 1.44. The quantitative estimate of drug-likeness (QED) is 0.630. The van der Waals surface area contributed by atoms with E-state index in [-0.39, 0.29) is 0 Å². The lowest BCUT2D eigenvalue weighted by molar-refractivity contribution is 0.337. The molecular weight excluding hydrogens is 158 g/mol. The standard InChI is InChI=1S/C12H21N/c1-10-4-3-8-13(9-7-10)11(2)12-5-6-12/h10,12H,2-9H2,1H3. The smallest absolute Gasteiger partial charge is 0.0177 e. The molecule has 0 N–H and O–H groups in total. The molecule has 2 rings (SSSR count). The molecule has 0 aromatic rings. The Balaban J connectivity index is 1.87. The van der Waals surface area contributed by atoms with E-state index in [1.165, 1.54) is 50.9 Å². The summed E-state index contributed by atoms with van der Waals surface area (Å²) >= 11 is 0. The van der Waals surface area contributed by atoms with Gasteiger partial charge in [0.15, 0.2) is 0 Å². The van der Waals surface area contributed by atoms with Crippen molar-refractivity contribution in [2.24, 2.45) is 11.8 Å². The first-order chi connectivity index (χ1) is 6.27. The fraction of sp³-hybridized carbons (Fsp3) is 0.833. The molecule has 1 atom stereocenters. The molecule has 1 saturated carbocycles. The van der Waals surface area contributed by atoms with Gasteiger partial charge >= 0.3 is 0 Å². The van der Waals surface area contributed by atoms with Crippen LogP contribution in [0, 0.1) is 11.8 Å². The van der Waals surface area contributed by atoms with Crippen LogP contribution in [0.3, 0.4) is 0 Å². The van der Waals surface area contributed by atoms with Crippen LogP contribution in [0.25, 0.3) is 0 Å². The third-order valence-corrected chi connectivity index (χ3v) is 3.47. The molecule has 0 aromatic heterocycles. The molecule has 13 heavy (non-hydrogen) atoms. The highest BCUT2D eigenvalue weighted by atomic mass is 15.1. The van der Waals surface area contributed by atoms with Crippen LogP contribution in [0.4, 0.5) is 0 Å². The van der Waals surface area contributed by atoms with Crippen LogP contribution in [0.15, 0.2) is 12.3 Å². The summed E-state index contributed by atoms with van der Waals surface area (Å²) < 4.78 is 0. The van der Waals surface area contributed by atoms with Crippen molar-refractivity contribution in [1.82, 2.24) is 4.90 Å². The van der Waals surface area contributed by atoms with E-state index in [0.717, 1.165) is 11.8 Å². The fourth-order valence-electron chi connectivity index (χ4n) is 2.22. The van der Waals surface area contributed by atoms with Gasteiger partial charge in [-0.25, -0.2) is 0 Å². The van der Waals surface area contributed by atoms with Gasteiger partial charge in [-0.3, -0.25) is 0 Å². The maximum atomic E-state index is 4.23. The fourth-order valence-corrected chi connectivity index (χ4v) is 2.22. The average Bonchev–Trinajstić information content (AvgIpc) is 2.89. The highest BCUT2D eigenvalue weighted by Gasteiger charge is 2.28. The first-order valence-electron chi connectivity index (χ1n) is 5.71. The number of nitrogens with zero attached hydrogens (tertiary/aromatic N) is 1. The molecule has 0 amide bonds. The molecule has 1 heteroatoms. The van der Waals surface area contributed by atoms with Gasteiger partial charge in [0, 0.05) is 18.8 Å². The molecule has 2 aliphatic rings. The number of likely N-dealkylation sites (tertiary alicyclic amines) is 1. The average molecular weight is 179 g/mol. The largest absolute Gasteiger partial charge is 0.375 e. The maximum Gasteiger partial charge on any atom is 0.0177 e. The van der Waals surface area contributed by atoms with Crippen molar-refractivity contribution in [3.63, 3.8) is 0 Å². The molecule has 0 aromatic carbocycles. The number of hydrogen-bond donors (Lipinski definition) is 0. The van der Waals surface area contributed by atoms with Crippen LogP contribution in [0.1, 0.15) is 39.0 Å². The zero-order chi connectivity index (χ0) is 9.26. The van der Waals surface area contributed by atoms with Gasteiger partial charge in [-0.05, 0) is 43.9 Å². The molecule has 1 unspecified atom stereocenters. The lowest BCUT2D eigenvalue weighted by atomic mass is 10.0. The number of hydrogen-bond acceptors (Lipinski definition) is 1. The van der Waals surface area contributed by atoms with Gasteiger partial charge < -0.3 is 4.90 Å². The second-order valence-corrected chi connectivity index (χ2v) is 4.79. The van der Waals surface area contributed by atoms with Gasteiger partial charge in [-0.15, -0.1) is 0 Å². The second-order valence-electron chi connectivity index (χ2n) is 4.79. The predicted molar refractivity (Wildman–Crippen MR) is 56.5 cm³/mol. The van der Waals surface area contributed by atoms with Gasteiger partial charge in [0.1, 0.15) is 0 Å². The molecular formula is C12H21N. The Morgan fingerprint density at radius 2 is 1.92 bits per heavy atom. The molecule has 1 heterocycles. The van der Waals surface area contributed by atoms with Gasteiger partial charge in [-0.2, -0.15) is 0 Å². The van der Waals surface area contributed by atoms with Crippen LogP contribution >= 0.6 is 0 Å². The van der Waals surface area contributed by atoms with Crippen molar-refractivity contribution in [3.05, 3.63) is 12.3 Å². The van der Waals surface area contributed by atoms with E-state index < -0.39 is 0 Å². The van der Waals surface area contributed by atoms with Gasteiger partial charge in [0.25, 0.3) is 0 Å². The Morgan fingerprint density at radius 3 is 2.62 bits per heavy atom. The van der Waals surface area contributed by atoms with Crippen molar-refractivity contribution >= 4 is 0 Å². The van der Waals surface area contributed by atoms with E-state index in [9.17, 15) is 0 Å². The third kappa shape index (κ3) is 2.26. The monoisotopic (exact) mass is 179 g/mol. The summed E-state index contributed by atoms with van der Waals surface area (Å²) in [6, 6.07) is 0. The molecule has 0 bridgehead atoms. The summed E-state index contributed by atoms with van der Waals surface area (Å²) in [5, 5.41) is 0. The summed E-state index contributed by atoms with van der Waals surface area (Å²) in [6.07, 6.45) is 6.93. The van der Waals surface area contributed by atoms with Crippen LogP contribution in [0.5, 0.6) is 0 Å². The normalized spacial score (nSPS) is 29.9. The van der Waals surface area contributed by atoms with E-state index in [1.807, 2.05) is 0 Å². The van der Waals surface area contributed by atoms with Gasteiger partial charge in [-0.1, -0.05) is 13.5 Å². The minimum Gasteiger partial charge on any atom is -0.375 e. The molecule has 1 aliphatic heterocycles. The Kier molecular flexibility index (Phi) is 2.61. The highest BCUT2D eigenvalue weighted by Crippen LogP contribution is 2.38. The molecule has 2 fully saturated rings. The Morgan fingerprint density at radius 1 is 1.15 bits per heavy atom. The van der Waals surface area contributed by atoms with Gasteiger partial charge in [0.05, 0.1) is 0 Å².